The Labute approximate surface area is 151 Å². The van der Waals surface area contributed by atoms with Gasteiger partial charge in [-0.3, -0.25) is 9.59 Å². The molecule has 1 N–H and O–H groups in total. The van der Waals surface area contributed by atoms with Crippen LogP contribution >= 0.6 is 23.2 Å². The SMILES string of the molecule is CC(=O)N(CCNC(=O)c1ccc(Cl)c(Cl)c1)c1ccc(C)cc1. The Balaban J connectivity index is 1.97. The lowest BCUT2D eigenvalue weighted by Gasteiger charge is -2.21. The van der Waals surface area contributed by atoms with Crippen molar-refractivity contribution in [1.29, 1.82) is 0 Å². The van der Waals surface area contributed by atoms with Crippen LogP contribution in [0.4, 0.5) is 5.69 Å². The predicted molar refractivity (Wildman–Crippen MR) is 98.0 cm³/mol. The molecule has 6 heteroatoms. The number of hydrogen-bond donors (Lipinski definition) is 1. The molecule has 0 heterocycles. The van der Waals surface area contributed by atoms with Crippen molar-refractivity contribution in [2.24, 2.45) is 0 Å². The molecule has 4 nitrogen and oxygen atoms in total. The van der Waals surface area contributed by atoms with Crippen LogP contribution in [-0.4, -0.2) is 24.9 Å². The molecule has 0 saturated heterocycles. The second-order valence-corrected chi connectivity index (χ2v) is 6.21. The first-order valence-electron chi connectivity index (χ1n) is 7.46. The Bertz CT molecular complexity index is 745. The molecule has 0 bridgehead atoms. The first kappa shape index (κ1) is 18.3. The van der Waals surface area contributed by atoms with Gasteiger partial charge in [-0.1, -0.05) is 40.9 Å². The van der Waals surface area contributed by atoms with Gasteiger partial charge in [-0.25, -0.2) is 0 Å². The number of nitrogens with one attached hydrogen (secondary N) is 1. The minimum absolute atomic E-state index is 0.0809. The zero-order chi connectivity index (χ0) is 17.7. The lowest BCUT2D eigenvalue weighted by atomic mass is 10.2. The van der Waals surface area contributed by atoms with Crippen molar-refractivity contribution in [3.8, 4) is 0 Å². The average molecular weight is 365 g/mol. The molecule has 0 saturated carbocycles. The highest BCUT2D eigenvalue weighted by molar-refractivity contribution is 6.42. The fraction of sp³-hybridized carbons (Fsp3) is 0.222. The number of benzene rings is 2. The van der Waals surface area contributed by atoms with Crippen LogP contribution in [0.3, 0.4) is 0 Å². The zero-order valence-electron chi connectivity index (χ0n) is 13.5. The number of halogens is 2. The van der Waals surface area contributed by atoms with Gasteiger partial charge in [0.05, 0.1) is 10.0 Å². The van der Waals surface area contributed by atoms with Crippen molar-refractivity contribution in [2.75, 3.05) is 18.0 Å². The molecule has 2 aromatic carbocycles. The third-order valence-electron chi connectivity index (χ3n) is 3.53. The number of carbonyl (C=O) groups is 2. The van der Waals surface area contributed by atoms with E-state index in [4.69, 9.17) is 23.2 Å². The largest absolute Gasteiger partial charge is 0.350 e. The van der Waals surface area contributed by atoms with E-state index in [-0.39, 0.29) is 11.8 Å². The van der Waals surface area contributed by atoms with E-state index < -0.39 is 0 Å². The summed E-state index contributed by atoms with van der Waals surface area (Å²) in [6.07, 6.45) is 0. The maximum absolute atomic E-state index is 12.1. The van der Waals surface area contributed by atoms with Gasteiger partial charge < -0.3 is 10.2 Å². The highest BCUT2D eigenvalue weighted by atomic mass is 35.5. The lowest BCUT2D eigenvalue weighted by molar-refractivity contribution is -0.116. The molecule has 0 spiro atoms. The number of aryl methyl sites for hydroxylation is 1. The second-order valence-electron chi connectivity index (χ2n) is 5.39. The van der Waals surface area contributed by atoms with Crippen LogP contribution in [0, 0.1) is 6.92 Å². The molecular weight excluding hydrogens is 347 g/mol. The summed E-state index contributed by atoms with van der Waals surface area (Å²) >= 11 is 11.7. The van der Waals surface area contributed by atoms with Crippen LogP contribution in [-0.2, 0) is 4.79 Å². The molecule has 0 aromatic heterocycles. The Kier molecular flexibility index (Phi) is 6.23. The van der Waals surface area contributed by atoms with E-state index in [1.165, 1.54) is 13.0 Å². The van der Waals surface area contributed by atoms with Gasteiger partial charge in [-0.2, -0.15) is 0 Å². The molecule has 126 valence electrons. The minimum atomic E-state index is -0.263. The maximum atomic E-state index is 12.1. The topological polar surface area (TPSA) is 49.4 Å². The van der Waals surface area contributed by atoms with Gasteiger partial charge in [0.1, 0.15) is 0 Å². The van der Waals surface area contributed by atoms with E-state index in [2.05, 4.69) is 5.32 Å². The summed E-state index contributed by atoms with van der Waals surface area (Å²) in [4.78, 5) is 25.6. The Morgan fingerprint density at radius 1 is 1.04 bits per heavy atom. The molecule has 0 radical (unpaired) electrons. The van der Waals surface area contributed by atoms with E-state index >= 15 is 0 Å². The zero-order valence-corrected chi connectivity index (χ0v) is 15.0. The first-order valence-corrected chi connectivity index (χ1v) is 8.22. The summed E-state index contributed by atoms with van der Waals surface area (Å²) in [5.74, 6) is -0.344. The quantitative estimate of drug-likeness (QED) is 0.868. The minimum Gasteiger partial charge on any atom is -0.350 e. The van der Waals surface area contributed by atoms with Crippen LogP contribution < -0.4 is 10.2 Å². The molecule has 0 fully saturated rings. The first-order chi connectivity index (χ1) is 11.4. The van der Waals surface area contributed by atoms with Gasteiger partial charge in [-0.15, -0.1) is 0 Å². The number of nitrogens with zero attached hydrogens (tertiary/aromatic N) is 1. The van der Waals surface area contributed by atoms with Gasteiger partial charge in [0.15, 0.2) is 0 Å². The van der Waals surface area contributed by atoms with E-state index in [1.54, 1.807) is 17.0 Å². The molecule has 0 unspecified atom stereocenters. The summed E-state index contributed by atoms with van der Waals surface area (Å²) < 4.78 is 0. The molecule has 0 aliphatic rings. The van der Waals surface area contributed by atoms with E-state index in [0.717, 1.165) is 11.3 Å². The lowest BCUT2D eigenvalue weighted by Crippen LogP contribution is -2.37. The number of hydrogen-bond acceptors (Lipinski definition) is 2. The molecule has 2 rings (SSSR count). The van der Waals surface area contributed by atoms with Gasteiger partial charge in [0.25, 0.3) is 5.91 Å². The number of amides is 2. The summed E-state index contributed by atoms with van der Waals surface area (Å²) in [5, 5.41) is 3.50. The van der Waals surface area contributed by atoms with Crippen LogP contribution in [0.2, 0.25) is 10.0 Å². The standard InChI is InChI=1S/C18H18Cl2N2O2/c1-12-3-6-15(7-4-12)22(13(2)23)10-9-21-18(24)14-5-8-16(19)17(20)11-14/h3-8,11H,9-10H2,1-2H3,(H,21,24). The van der Waals surface area contributed by atoms with Gasteiger partial charge in [-0.05, 0) is 37.3 Å². The van der Waals surface area contributed by atoms with Gasteiger partial charge >= 0.3 is 0 Å². The van der Waals surface area contributed by atoms with Crippen LogP contribution in [0.1, 0.15) is 22.8 Å². The number of anilines is 1. The van der Waals surface area contributed by atoms with Crippen molar-refractivity contribution in [3.05, 3.63) is 63.6 Å². The molecular formula is C18H18Cl2N2O2. The molecule has 0 aliphatic carbocycles. The fourth-order valence-corrected chi connectivity index (χ4v) is 2.51. The van der Waals surface area contributed by atoms with Crippen molar-refractivity contribution in [2.45, 2.75) is 13.8 Å². The Morgan fingerprint density at radius 3 is 2.29 bits per heavy atom. The smallest absolute Gasteiger partial charge is 0.251 e. The van der Waals surface area contributed by atoms with E-state index in [0.29, 0.717) is 28.7 Å². The summed E-state index contributed by atoms with van der Waals surface area (Å²) in [6.45, 7) is 4.19. The molecule has 0 aliphatic heterocycles. The van der Waals surface area contributed by atoms with Crippen LogP contribution in [0.15, 0.2) is 42.5 Å². The molecule has 0 atom stereocenters. The predicted octanol–water partition coefficient (Wildman–Crippen LogP) is 4.08. The average Bonchev–Trinajstić information content (AvgIpc) is 2.54. The second kappa shape index (κ2) is 8.18. The van der Waals surface area contributed by atoms with Gasteiger partial charge in [0.2, 0.25) is 5.91 Å². The van der Waals surface area contributed by atoms with Gasteiger partial charge in [0, 0.05) is 31.3 Å². The molecule has 2 aromatic rings. The Hall–Kier alpha value is -2.04. The van der Waals surface area contributed by atoms with Crippen LogP contribution in [0.25, 0.3) is 0 Å². The third kappa shape index (κ3) is 4.73. The van der Waals surface area contributed by atoms with Crippen molar-refractivity contribution in [3.63, 3.8) is 0 Å². The summed E-state index contributed by atoms with van der Waals surface area (Å²) in [6, 6.07) is 12.4. The number of rotatable bonds is 5. The number of carbonyl (C=O) groups excluding carboxylic acids is 2. The Morgan fingerprint density at radius 2 is 1.71 bits per heavy atom. The molecule has 2 amide bonds. The maximum Gasteiger partial charge on any atom is 0.251 e. The van der Waals surface area contributed by atoms with E-state index in [1.807, 2.05) is 31.2 Å². The fourth-order valence-electron chi connectivity index (χ4n) is 2.21. The van der Waals surface area contributed by atoms with Crippen molar-refractivity contribution < 1.29 is 9.59 Å². The van der Waals surface area contributed by atoms with E-state index in [9.17, 15) is 9.59 Å². The summed E-state index contributed by atoms with van der Waals surface area (Å²) in [5.41, 5.74) is 2.35. The summed E-state index contributed by atoms with van der Waals surface area (Å²) in [7, 11) is 0. The monoisotopic (exact) mass is 364 g/mol. The van der Waals surface area contributed by atoms with Crippen molar-refractivity contribution >= 4 is 40.7 Å². The van der Waals surface area contributed by atoms with Crippen LogP contribution in [0.5, 0.6) is 0 Å². The third-order valence-corrected chi connectivity index (χ3v) is 4.27. The normalized spacial score (nSPS) is 10.3. The molecule has 24 heavy (non-hydrogen) atoms. The highest BCUT2D eigenvalue weighted by Gasteiger charge is 2.12. The van der Waals surface area contributed by atoms with Crippen molar-refractivity contribution in [1.82, 2.24) is 5.32 Å². The highest BCUT2D eigenvalue weighted by Crippen LogP contribution is 2.22.